The van der Waals surface area contributed by atoms with Crippen molar-refractivity contribution in [2.45, 2.75) is 139 Å². The third-order valence-electron chi connectivity index (χ3n) is 15.0. The molecule has 1 amide bonds. The summed E-state index contributed by atoms with van der Waals surface area (Å²) in [5.74, 6) is 3.54. The van der Waals surface area contributed by atoms with E-state index in [1.54, 1.807) is 18.2 Å². The number of fused-ring (bicyclic) bond motifs is 6. The Morgan fingerprint density at radius 1 is 0.356 bits per heavy atom. The number of phenols is 2. The van der Waals surface area contributed by atoms with Gasteiger partial charge in [0.15, 0.2) is 0 Å². The molecule has 0 aliphatic carbocycles. The molecule has 13 heteroatoms. The molecule has 6 heterocycles. The molecule has 9 N–H and O–H groups in total. The highest BCUT2D eigenvalue weighted by molar-refractivity contribution is 5.88. The maximum Gasteiger partial charge on any atom is 0.219 e. The summed E-state index contributed by atoms with van der Waals surface area (Å²) in [7, 11) is 0. The number of para-hydroxylation sites is 1. The largest absolute Gasteiger partial charge is 0.508 e. The molecule has 0 spiro atoms. The van der Waals surface area contributed by atoms with Gasteiger partial charge in [-0.05, 0) is 190 Å². The quantitative estimate of drug-likeness (QED) is 0.0365. The van der Waals surface area contributed by atoms with Crippen LogP contribution in [0, 0.1) is 0 Å². The van der Waals surface area contributed by atoms with Gasteiger partial charge in [0, 0.05) is 116 Å². The van der Waals surface area contributed by atoms with Crippen LogP contribution in [0.4, 0.5) is 0 Å². The Bertz CT molecular complexity index is 3780. The number of amides is 1. The van der Waals surface area contributed by atoms with Gasteiger partial charge in [-0.2, -0.15) is 0 Å². The zero-order valence-electron chi connectivity index (χ0n) is 52.8. The van der Waals surface area contributed by atoms with Crippen LogP contribution >= 0.6 is 0 Å². The maximum atomic E-state index is 11.1. The topological polar surface area (TPSA) is 192 Å². The van der Waals surface area contributed by atoms with Crippen molar-refractivity contribution in [1.82, 2.24) is 35.2 Å². The third kappa shape index (κ3) is 18.5. The van der Waals surface area contributed by atoms with Crippen LogP contribution in [-0.4, -0.2) is 72.4 Å². The summed E-state index contributed by atoms with van der Waals surface area (Å²) in [6, 6.07) is 37.8. The fourth-order valence-corrected chi connectivity index (χ4v) is 10.8. The fourth-order valence-electron chi connectivity index (χ4n) is 10.8. The number of rotatable bonds is 20. The van der Waals surface area contributed by atoms with E-state index in [0.717, 1.165) is 103 Å². The van der Waals surface area contributed by atoms with Gasteiger partial charge >= 0.3 is 0 Å². The molecule has 0 saturated heterocycles. The van der Waals surface area contributed by atoms with Crippen LogP contribution in [-0.2, 0) is 43.3 Å². The molecule has 6 aromatic heterocycles. The molecule has 0 aliphatic heterocycles. The second-order valence-electron chi connectivity index (χ2n) is 21.5. The molecule has 460 valence electrons. The predicted molar refractivity (Wildman–Crippen MR) is 364 cm³/mol. The first-order chi connectivity index (χ1) is 42.5. The summed E-state index contributed by atoms with van der Waals surface area (Å²) in [6.45, 7) is 21.6. The number of hydrogen-bond acceptors (Lipinski definition) is 6. The van der Waals surface area contributed by atoms with Crippen LogP contribution in [0.1, 0.15) is 134 Å². The van der Waals surface area contributed by atoms with E-state index in [4.69, 9.17) is 14.2 Å². The van der Waals surface area contributed by atoms with Crippen molar-refractivity contribution < 1.29 is 29.2 Å². The summed E-state index contributed by atoms with van der Waals surface area (Å²) in [5, 5.41) is 29.0. The lowest BCUT2D eigenvalue weighted by Crippen LogP contribution is -2.24. The van der Waals surface area contributed by atoms with Gasteiger partial charge < -0.3 is 59.6 Å². The predicted octanol–water partition coefficient (Wildman–Crippen LogP) is 18.4. The average molecular weight is 1180 g/mol. The third-order valence-corrected chi connectivity index (χ3v) is 15.0. The molecule has 87 heavy (non-hydrogen) atoms. The first kappa shape index (κ1) is 65.6. The van der Waals surface area contributed by atoms with E-state index in [1.165, 1.54) is 104 Å². The summed E-state index contributed by atoms with van der Waals surface area (Å²) < 4.78 is 16.5. The van der Waals surface area contributed by atoms with Gasteiger partial charge in [0.25, 0.3) is 0 Å². The molecule has 12 aromatic rings. The van der Waals surface area contributed by atoms with Gasteiger partial charge in [0.05, 0.1) is 19.8 Å². The van der Waals surface area contributed by atoms with Crippen LogP contribution in [0.2, 0.25) is 0 Å². The molecule has 0 unspecified atom stereocenters. The molecular weight excluding hydrogens is 1080 g/mol. The number of carbonyl (C=O) groups excluding carboxylic acids is 1. The van der Waals surface area contributed by atoms with E-state index >= 15 is 0 Å². The number of nitrogens with one attached hydrogen (secondary N) is 7. The van der Waals surface area contributed by atoms with Crippen molar-refractivity contribution in [2.24, 2.45) is 0 Å². The van der Waals surface area contributed by atoms with Gasteiger partial charge in [-0.15, -0.1) is 0 Å². The minimum Gasteiger partial charge on any atom is -0.508 e. The molecule has 0 bridgehead atoms. The van der Waals surface area contributed by atoms with E-state index < -0.39 is 0 Å². The van der Waals surface area contributed by atoms with E-state index in [0.29, 0.717) is 18.7 Å². The average Bonchev–Trinajstić information content (AvgIpc) is 3.56. The molecule has 0 fully saturated rings. The van der Waals surface area contributed by atoms with Crippen molar-refractivity contribution in [1.29, 1.82) is 0 Å². The summed E-state index contributed by atoms with van der Waals surface area (Å²) in [6.07, 6.45) is 25.1. The van der Waals surface area contributed by atoms with E-state index in [1.807, 2.05) is 76.5 Å². The highest BCUT2D eigenvalue weighted by atomic mass is 16.5. The number of aryl methyl sites for hydroxylation is 5. The standard InChI is InChI=1S/C13H16N2O2.3C13H17NO.C11H13NO.C11H13N/c1-2-13(17)14-6-5-9-8-15-12-4-3-10(16)7-11(9)12;3*1-3-5-10-9-14-13-7-6-11(15-4-2)8-12(10)13;1-2-3-8-7-12-11-5-4-9(13)6-10(8)11;1-2-5-9-8-12-11-7-4-3-6-10(9)11/h3-4,7-8,15-16H,2,5-6H2,1H3,(H,14,17);3*6-9,14H,3-5H2,1-2H3;4-7,12-13H,2-3H2,1H3;3-4,6-8,12H,2,5H2,1H3. The normalized spacial score (nSPS) is 10.8. The summed E-state index contributed by atoms with van der Waals surface area (Å²) >= 11 is 0. The van der Waals surface area contributed by atoms with Crippen LogP contribution < -0.4 is 19.5 Å². The number of hydrogen-bond donors (Lipinski definition) is 9. The zero-order chi connectivity index (χ0) is 61.9. The Morgan fingerprint density at radius 2 is 0.644 bits per heavy atom. The second kappa shape index (κ2) is 34.2. The first-order valence-electron chi connectivity index (χ1n) is 31.6. The number of aromatic hydroxyl groups is 2. The summed E-state index contributed by atoms with van der Waals surface area (Å²) in [5.41, 5.74) is 14.9. The van der Waals surface area contributed by atoms with E-state index in [2.05, 4.69) is 155 Å². The van der Waals surface area contributed by atoms with Gasteiger partial charge in [0.1, 0.15) is 28.7 Å². The Kier molecular flexibility index (Phi) is 25.8. The molecule has 0 atom stereocenters. The number of H-pyrrole nitrogens is 6. The van der Waals surface area contributed by atoms with Crippen molar-refractivity contribution in [3.63, 3.8) is 0 Å². The molecular formula is C74H93N7O6. The van der Waals surface area contributed by atoms with Gasteiger partial charge in [-0.3, -0.25) is 4.79 Å². The molecule has 0 radical (unpaired) electrons. The smallest absolute Gasteiger partial charge is 0.219 e. The maximum absolute atomic E-state index is 11.1. The van der Waals surface area contributed by atoms with Crippen molar-refractivity contribution in [3.05, 3.63) is 186 Å². The van der Waals surface area contributed by atoms with Gasteiger partial charge in [0.2, 0.25) is 5.91 Å². The van der Waals surface area contributed by atoms with Crippen LogP contribution in [0.15, 0.2) is 152 Å². The number of carbonyl (C=O) groups is 1. The van der Waals surface area contributed by atoms with Crippen LogP contribution in [0.25, 0.3) is 65.4 Å². The Hall–Kier alpha value is -8.97. The molecule has 0 saturated carbocycles. The monoisotopic (exact) mass is 1180 g/mol. The first-order valence-corrected chi connectivity index (χ1v) is 31.6. The zero-order valence-corrected chi connectivity index (χ0v) is 52.8. The lowest BCUT2D eigenvalue weighted by atomic mass is 10.1. The minimum absolute atomic E-state index is 0.0627. The van der Waals surface area contributed by atoms with Crippen molar-refractivity contribution >= 4 is 71.3 Å². The van der Waals surface area contributed by atoms with Crippen LogP contribution in [0.3, 0.4) is 0 Å². The fraction of sp³-hybridized carbons (Fsp3) is 0.338. The highest BCUT2D eigenvalue weighted by Crippen LogP contribution is 2.29. The minimum atomic E-state index is 0.0627. The number of aromatic amines is 6. The van der Waals surface area contributed by atoms with Gasteiger partial charge in [-0.25, -0.2) is 0 Å². The van der Waals surface area contributed by atoms with Gasteiger partial charge in [-0.1, -0.05) is 91.8 Å². The Labute approximate surface area is 513 Å². The SMILES string of the molecule is CCC(=O)NCCc1c[nH]c2ccc(O)cc12.CCCc1c[nH]c2ccc(O)cc12.CCCc1c[nH]c2ccc(OCC)cc12.CCCc1c[nH]c2ccc(OCC)cc12.CCCc1c[nH]c2ccc(OCC)cc12.CCCc1c[nH]c2ccccc12. The number of aromatic nitrogens is 6. The van der Waals surface area contributed by atoms with Crippen molar-refractivity contribution in [3.8, 4) is 28.7 Å². The molecule has 13 nitrogen and oxygen atoms in total. The lowest BCUT2D eigenvalue weighted by Gasteiger charge is -2.03. The molecule has 0 aliphatic rings. The molecule has 6 aromatic carbocycles. The van der Waals surface area contributed by atoms with E-state index in [-0.39, 0.29) is 11.7 Å². The number of ether oxygens (including phenoxy) is 3. The Balaban J connectivity index is 0.000000150. The lowest BCUT2D eigenvalue weighted by molar-refractivity contribution is -0.120. The van der Waals surface area contributed by atoms with Crippen molar-refractivity contribution in [2.75, 3.05) is 26.4 Å². The second-order valence-corrected chi connectivity index (χ2v) is 21.5. The van der Waals surface area contributed by atoms with E-state index in [9.17, 15) is 15.0 Å². The van der Waals surface area contributed by atoms with Crippen LogP contribution in [0.5, 0.6) is 28.7 Å². The number of benzene rings is 6. The summed E-state index contributed by atoms with van der Waals surface area (Å²) in [4.78, 5) is 30.6. The molecule has 12 rings (SSSR count). The Morgan fingerprint density at radius 3 is 0.966 bits per heavy atom. The number of phenolic OH excluding ortho intramolecular Hbond substituents is 2. The highest BCUT2D eigenvalue weighted by Gasteiger charge is 2.09.